The first kappa shape index (κ1) is 10.8. The molecule has 1 heterocycles. The van der Waals surface area contributed by atoms with E-state index in [1.807, 2.05) is 0 Å². The van der Waals surface area contributed by atoms with Crippen LogP contribution in [0.15, 0.2) is 57.6 Å². The van der Waals surface area contributed by atoms with Gasteiger partial charge in [0.1, 0.15) is 16.6 Å². The second-order valence-corrected chi connectivity index (χ2v) is 3.54. The predicted octanol–water partition coefficient (Wildman–Crippen LogP) is 2.66. The molecule has 0 N–H and O–H groups in total. The number of hydrogen-bond donors (Lipinski definition) is 0. The van der Waals surface area contributed by atoms with Crippen molar-refractivity contribution in [2.75, 3.05) is 7.11 Å². The largest absolute Gasteiger partial charge is 0.465 e. The van der Waals surface area contributed by atoms with Gasteiger partial charge in [-0.05, 0) is 0 Å². The van der Waals surface area contributed by atoms with E-state index in [1.165, 1.54) is 13.3 Å². The van der Waals surface area contributed by atoms with Crippen molar-refractivity contribution in [1.82, 2.24) is 0 Å². The lowest BCUT2D eigenvalue weighted by Gasteiger charge is -2.07. The fraction of sp³-hybridized carbons (Fsp3) is 0.0909. The Balaban J connectivity index is 2.35. The monoisotopic (exact) mass is 235 g/mol. The van der Waals surface area contributed by atoms with Crippen molar-refractivity contribution in [3.8, 4) is 0 Å². The van der Waals surface area contributed by atoms with E-state index in [9.17, 15) is 4.79 Å². The van der Waals surface area contributed by atoms with Gasteiger partial charge in [-0.25, -0.2) is 4.79 Å². The summed E-state index contributed by atoms with van der Waals surface area (Å²) in [5, 5.41) is 8.23. The molecule has 2 rings (SSSR count). The van der Waals surface area contributed by atoms with E-state index in [4.69, 9.17) is 11.6 Å². The van der Waals surface area contributed by atoms with Gasteiger partial charge in [0.2, 0.25) is 0 Å². The fourth-order valence-corrected chi connectivity index (χ4v) is 1.47. The summed E-state index contributed by atoms with van der Waals surface area (Å²) in [6.07, 6.45) is 8.40. The first-order valence-electron chi connectivity index (χ1n) is 4.55. The number of halogens is 1. The first-order chi connectivity index (χ1) is 7.72. The minimum atomic E-state index is -0.449. The minimum Gasteiger partial charge on any atom is -0.465 e. The van der Waals surface area contributed by atoms with Gasteiger partial charge < -0.3 is 4.74 Å². The summed E-state index contributed by atoms with van der Waals surface area (Å²) in [4.78, 5) is 11.4. The molecule has 0 atom stereocenters. The van der Waals surface area contributed by atoms with Crippen LogP contribution in [0, 0.1) is 5.38 Å². The van der Waals surface area contributed by atoms with Crippen molar-refractivity contribution in [1.29, 1.82) is 0 Å². The number of nitrogens with zero attached hydrogens (tertiary/aromatic N) is 2. The van der Waals surface area contributed by atoms with Gasteiger partial charge >= 0.3 is 5.97 Å². The van der Waals surface area contributed by atoms with Crippen molar-refractivity contribution < 1.29 is 9.53 Å². The average molecular weight is 236 g/mol. The molecular formula is C11H8ClN2O2. The topological polar surface area (TPSA) is 51.0 Å². The van der Waals surface area contributed by atoms with Gasteiger partial charge in [0.05, 0.1) is 13.3 Å². The van der Waals surface area contributed by atoms with Gasteiger partial charge in [-0.2, -0.15) is 5.11 Å². The molecule has 0 bridgehead atoms. The molecular weight excluding hydrogens is 228 g/mol. The molecule has 4 nitrogen and oxygen atoms in total. The van der Waals surface area contributed by atoms with Gasteiger partial charge in [0.15, 0.2) is 0 Å². The van der Waals surface area contributed by atoms with Crippen LogP contribution in [-0.2, 0) is 9.53 Å². The lowest BCUT2D eigenvalue weighted by molar-refractivity contribution is -0.135. The highest BCUT2D eigenvalue weighted by Gasteiger charge is 2.21. The van der Waals surface area contributed by atoms with E-state index >= 15 is 0 Å². The fourth-order valence-electron chi connectivity index (χ4n) is 1.34. The summed E-state index contributed by atoms with van der Waals surface area (Å²) in [7, 11) is 1.32. The molecule has 81 valence electrons. The SMILES string of the molecule is COC(=O)C1=CN=NC1=C1C=C[C](Cl)C=C1. The maximum Gasteiger partial charge on any atom is 0.341 e. The van der Waals surface area contributed by atoms with E-state index in [0.717, 1.165) is 5.57 Å². The Morgan fingerprint density at radius 2 is 2.00 bits per heavy atom. The molecule has 0 amide bonds. The number of allylic oxidation sites excluding steroid dienone is 5. The van der Waals surface area contributed by atoms with Gasteiger partial charge in [-0.3, -0.25) is 0 Å². The molecule has 0 saturated carbocycles. The molecule has 0 saturated heterocycles. The molecule has 0 aromatic carbocycles. The van der Waals surface area contributed by atoms with Crippen molar-refractivity contribution in [2.24, 2.45) is 10.2 Å². The maximum atomic E-state index is 11.4. The summed E-state index contributed by atoms with van der Waals surface area (Å²) < 4.78 is 4.64. The Labute approximate surface area is 97.6 Å². The normalized spacial score (nSPS) is 19.2. The number of hydrogen-bond acceptors (Lipinski definition) is 4. The number of azo groups is 1. The first-order valence-corrected chi connectivity index (χ1v) is 4.93. The average Bonchev–Trinajstić information content (AvgIpc) is 2.78. The zero-order valence-corrected chi connectivity index (χ0v) is 9.23. The summed E-state index contributed by atoms with van der Waals surface area (Å²) >= 11 is 5.78. The third-order valence-electron chi connectivity index (χ3n) is 2.12. The molecule has 0 unspecified atom stereocenters. The zero-order chi connectivity index (χ0) is 11.5. The van der Waals surface area contributed by atoms with Crippen LogP contribution in [0.3, 0.4) is 0 Å². The number of ether oxygens (including phenoxy) is 1. The van der Waals surface area contributed by atoms with E-state index < -0.39 is 5.97 Å². The van der Waals surface area contributed by atoms with Crippen LogP contribution in [0.25, 0.3) is 0 Å². The second-order valence-electron chi connectivity index (χ2n) is 3.11. The Kier molecular flexibility index (Phi) is 3.01. The molecule has 1 aliphatic heterocycles. The van der Waals surface area contributed by atoms with Crippen LogP contribution in [-0.4, -0.2) is 13.1 Å². The van der Waals surface area contributed by atoms with Gasteiger partial charge in [-0.1, -0.05) is 24.3 Å². The molecule has 16 heavy (non-hydrogen) atoms. The molecule has 0 fully saturated rings. The minimum absolute atomic E-state index is 0.352. The van der Waals surface area contributed by atoms with Crippen LogP contribution in [0.5, 0.6) is 0 Å². The number of methoxy groups -OCH3 is 1. The van der Waals surface area contributed by atoms with Gasteiger partial charge in [0, 0.05) is 5.57 Å². The molecule has 0 spiro atoms. The van der Waals surface area contributed by atoms with Gasteiger partial charge in [0.25, 0.3) is 0 Å². The molecule has 5 heteroatoms. The highest BCUT2D eigenvalue weighted by molar-refractivity contribution is 6.30. The summed E-state index contributed by atoms with van der Waals surface area (Å²) in [5.74, 6) is -0.449. The molecule has 0 aromatic heterocycles. The van der Waals surface area contributed by atoms with E-state index in [0.29, 0.717) is 16.6 Å². The summed E-state index contributed by atoms with van der Waals surface area (Å²) in [5.41, 5.74) is 1.63. The van der Waals surface area contributed by atoms with Crippen molar-refractivity contribution in [3.05, 3.63) is 52.7 Å². The Bertz CT molecular complexity index is 456. The smallest absolute Gasteiger partial charge is 0.341 e. The molecule has 1 aliphatic carbocycles. The number of rotatable bonds is 1. The number of carbonyl (C=O) groups is 1. The molecule has 2 aliphatic rings. The standard InChI is InChI=1S/C11H8ClN2O2/c1-16-11(15)9-6-13-14-10(9)7-2-4-8(12)5-3-7/h2-6H,1H3. The van der Waals surface area contributed by atoms with Crippen LogP contribution >= 0.6 is 11.6 Å². The Morgan fingerprint density at radius 1 is 1.31 bits per heavy atom. The van der Waals surface area contributed by atoms with Crippen LogP contribution in [0.1, 0.15) is 0 Å². The van der Waals surface area contributed by atoms with Crippen molar-refractivity contribution in [2.45, 2.75) is 0 Å². The molecule has 1 radical (unpaired) electrons. The van der Waals surface area contributed by atoms with Crippen molar-refractivity contribution >= 4 is 17.6 Å². The third kappa shape index (κ3) is 1.97. The predicted molar refractivity (Wildman–Crippen MR) is 59.4 cm³/mol. The van der Waals surface area contributed by atoms with Crippen LogP contribution in [0.2, 0.25) is 0 Å². The Morgan fingerprint density at radius 3 is 2.62 bits per heavy atom. The van der Waals surface area contributed by atoms with E-state index in [1.54, 1.807) is 24.3 Å². The zero-order valence-electron chi connectivity index (χ0n) is 8.48. The third-order valence-corrected chi connectivity index (χ3v) is 2.37. The van der Waals surface area contributed by atoms with Crippen molar-refractivity contribution in [3.63, 3.8) is 0 Å². The maximum absolute atomic E-state index is 11.4. The lowest BCUT2D eigenvalue weighted by Crippen LogP contribution is -2.06. The number of esters is 1. The molecule has 0 aromatic rings. The second kappa shape index (κ2) is 4.45. The Hall–Kier alpha value is -1.68. The van der Waals surface area contributed by atoms with E-state index in [-0.39, 0.29) is 0 Å². The van der Waals surface area contributed by atoms with Gasteiger partial charge in [-0.15, -0.1) is 16.7 Å². The highest BCUT2D eigenvalue weighted by atomic mass is 35.5. The lowest BCUT2D eigenvalue weighted by atomic mass is 10.0. The van der Waals surface area contributed by atoms with Crippen LogP contribution < -0.4 is 0 Å². The summed E-state index contributed by atoms with van der Waals surface area (Å²) in [6.45, 7) is 0. The highest BCUT2D eigenvalue weighted by Crippen LogP contribution is 2.28. The quantitative estimate of drug-likeness (QED) is 0.656. The summed E-state index contributed by atoms with van der Waals surface area (Å²) in [6, 6.07) is 0. The van der Waals surface area contributed by atoms with Crippen LogP contribution in [0.4, 0.5) is 0 Å². The van der Waals surface area contributed by atoms with E-state index in [2.05, 4.69) is 15.0 Å². The number of carbonyl (C=O) groups excluding carboxylic acids is 1.